The number of rotatable bonds is 10. The minimum Gasteiger partial charge on any atom is -0.481 e. The summed E-state index contributed by atoms with van der Waals surface area (Å²) in [5.41, 5.74) is 2.15. The Bertz CT molecular complexity index is 1400. The van der Waals surface area contributed by atoms with Crippen LogP contribution in [0.25, 0.3) is 11.4 Å². The van der Waals surface area contributed by atoms with Gasteiger partial charge >= 0.3 is 11.7 Å². The molecular formula is C28H35N7O3. The molecule has 0 spiro atoms. The predicted molar refractivity (Wildman–Crippen MR) is 144 cm³/mol. The predicted octanol–water partition coefficient (Wildman–Crippen LogP) is 4.02. The number of hydrogen-bond acceptors (Lipinski definition) is 6. The van der Waals surface area contributed by atoms with Crippen molar-refractivity contribution < 1.29 is 9.90 Å². The number of imidazole rings is 1. The maximum absolute atomic E-state index is 14.1. The Morgan fingerprint density at radius 3 is 2.82 bits per heavy atom. The van der Waals surface area contributed by atoms with Gasteiger partial charge < -0.3 is 5.11 Å². The van der Waals surface area contributed by atoms with Gasteiger partial charge in [0.05, 0.1) is 12.0 Å². The third kappa shape index (κ3) is 4.63. The number of nitrogens with one attached hydrogen (secondary N) is 1. The Kier molecular flexibility index (Phi) is 7.14. The second-order valence-electron chi connectivity index (χ2n) is 10.9. The minimum atomic E-state index is -0.831. The summed E-state index contributed by atoms with van der Waals surface area (Å²) in [5, 5.41) is 24.3. The monoisotopic (exact) mass is 517 g/mol. The Morgan fingerprint density at radius 2 is 2.16 bits per heavy atom. The van der Waals surface area contributed by atoms with Crippen LogP contribution in [0.1, 0.15) is 63.8 Å². The number of aryl methyl sites for hydroxylation is 1. The maximum atomic E-state index is 14.1. The van der Waals surface area contributed by atoms with Gasteiger partial charge in [0.25, 0.3) is 0 Å². The first-order chi connectivity index (χ1) is 18.3. The first-order valence-electron chi connectivity index (χ1n) is 13.4. The molecule has 38 heavy (non-hydrogen) atoms. The van der Waals surface area contributed by atoms with E-state index in [4.69, 9.17) is 0 Å². The Balaban J connectivity index is 1.58. The van der Waals surface area contributed by atoms with Crippen LogP contribution in [0.3, 0.4) is 0 Å². The van der Waals surface area contributed by atoms with Crippen molar-refractivity contribution in [1.82, 2.24) is 29.8 Å². The molecule has 200 valence electrons. The topological polar surface area (TPSA) is 131 Å². The average Bonchev–Trinajstić information content (AvgIpc) is 3.52. The van der Waals surface area contributed by atoms with Crippen LogP contribution in [0.2, 0.25) is 0 Å². The molecule has 1 aromatic carbocycles. The molecule has 10 nitrogen and oxygen atoms in total. The van der Waals surface area contributed by atoms with Crippen LogP contribution in [0, 0.1) is 17.8 Å². The zero-order valence-corrected chi connectivity index (χ0v) is 22.1. The third-order valence-corrected chi connectivity index (χ3v) is 8.27. The van der Waals surface area contributed by atoms with Crippen molar-refractivity contribution in [2.24, 2.45) is 22.7 Å². The smallest absolute Gasteiger partial charge is 0.328 e. The molecule has 1 aliphatic carbocycles. The summed E-state index contributed by atoms with van der Waals surface area (Å²) in [7, 11) is 0. The van der Waals surface area contributed by atoms with E-state index in [0.29, 0.717) is 31.1 Å². The van der Waals surface area contributed by atoms with Gasteiger partial charge in [-0.1, -0.05) is 51.5 Å². The molecule has 1 aliphatic heterocycles. The zero-order chi connectivity index (χ0) is 26.9. The number of carboxylic acids is 1. The van der Waals surface area contributed by atoms with Crippen LogP contribution >= 0.6 is 0 Å². The van der Waals surface area contributed by atoms with Crippen LogP contribution in [0.15, 0.2) is 52.5 Å². The van der Waals surface area contributed by atoms with E-state index in [1.165, 1.54) is 0 Å². The molecule has 4 unspecified atom stereocenters. The van der Waals surface area contributed by atoms with E-state index in [9.17, 15) is 14.7 Å². The minimum absolute atomic E-state index is 0.137. The Hall–Kier alpha value is -3.82. The lowest BCUT2D eigenvalue weighted by Gasteiger charge is -2.45. The van der Waals surface area contributed by atoms with Crippen molar-refractivity contribution in [3.05, 3.63) is 64.5 Å². The van der Waals surface area contributed by atoms with Crippen molar-refractivity contribution in [1.29, 1.82) is 0 Å². The molecule has 10 heteroatoms. The summed E-state index contributed by atoms with van der Waals surface area (Å²) >= 11 is 0. The highest BCUT2D eigenvalue weighted by Gasteiger charge is 2.49. The molecule has 4 atom stereocenters. The van der Waals surface area contributed by atoms with E-state index >= 15 is 0 Å². The number of unbranched alkanes of at least 4 members (excludes halogenated alkanes) is 1. The number of aromatic nitrogens is 6. The number of aliphatic imine (C=N–C) groups is 1. The summed E-state index contributed by atoms with van der Waals surface area (Å²) in [6.45, 7) is 6.76. The van der Waals surface area contributed by atoms with Crippen molar-refractivity contribution in [3.63, 3.8) is 0 Å². The van der Waals surface area contributed by atoms with Crippen molar-refractivity contribution in [3.8, 4) is 11.4 Å². The maximum Gasteiger partial charge on any atom is 0.328 e. The molecule has 0 saturated heterocycles. The van der Waals surface area contributed by atoms with Gasteiger partial charge in [0.1, 0.15) is 0 Å². The fourth-order valence-electron chi connectivity index (χ4n) is 5.96. The summed E-state index contributed by atoms with van der Waals surface area (Å²) in [4.78, 5) is 30.4. The van der Waals surface area contributed by atoms with Gasteiger partial charge in [0.2, 0.25) is 5.82 Å². The van der Waals surface area contributed by atoms with Gasteiger partial charge in [-0.15, -0.1) is 10.2 Å². The van der Waals surface area contributed by atoms with Gasteiger partial charge in [-0.05, 0) is 54.4 Å². The standard InChI is InChI=1S/C28H35N7O3/c1-4-5-9-21-16-34(24-22(18(2)3)15-23(24)26(36)37)27(38)35(21)17-28(10-12-29-13-11-28)20-8-6-7-19(14-20)25-30-32-33-31-25/h6-8,10,12-14,16,18,22-24H,4-5,9,11,15,17H2,1-3H3,(H,36,37)(H,30,31,32,33). The number of benzene rings is 1. The molecule has 0 bridgehead atoms. The first kappa shape index (κ1) is 25.8. The number of H-pyrrole nitrogens is 1. The summed E-state index contributed by atoms with van der Waals surface area (Å²) in [5.74, 6) is -0.417. The SMILES string of the molecule is CCCCc1cn(C2C(C(=O)O)CC2C(C)C)c(=O)n1CC1(c2cccc(-c3nn[nH]n3)c2)C=CN=CC1. The quantitative estimate of drug-likeness (QED) is 0.418. The lowest BCUT2D eigenvalue weighted by molar-refractivity contribution is -0.151. The molecule has 3 heterocycles. The van der Waals surface area contributed by atoms with Crippen LogP contribution < -0.4 is 5.69 Å². The lowest BCUT2D eigenvalue weighted by Crippen LogP contribution is -2.48. The van der Waals surface area contributed by atoms with E-state index in [1.807, 2.05) is 35.2 Å². The number of allylic oxidation sites excluding steroid dienone is 1. The fourth-order valence-corrected chi connectivity index (χ4v) is 5.96. The molecule has 2 aliphatic rings. The van der Waals surface area contributed by atoms with Crippen LogP contribution in [0.4, 0.5) is 0 Å². The van der Waals surface area contributed by atoms with Gasteiger partial charge in [-0.25, -0.2) is 4.79 Å². The average molecular weight is 518 g/mol. The van der Waals surface area contributed by atoms with Crippen molar-refractivity contribution in [2.75, 3.05) is 0 Å². The fraction of sp³-hybridized carbons (Fsp3) is 0.500. The van der Waals surface area contributed by atoms with Crippen molar-refractivity contribution >= 4 is 12.2 Å². The molecule has 1 fully saturated rings. The van der Waals surface area contributed by atoms with E-state index in [1.54, 1.807) is 10.8 Å². The number of aromatic amines is 1. The Labute approximate surface area is 221 Å². The van der Waals surface area contributed by atoms with E-state index in [-0.39, 0.29) is 17.6 Å². The van der Waals surface area contributed by atoms with Gasteiger partial charge in [-0.2, -0.15) is 5.21 Å². The van der Waals surface area contributed by atoms with Crippen LogP contribution in [0.5, 0.6) is 0 Å². The van der Waals surface area contributed by atoms with Gasteiger partial charge in [0, 0.05) is 41.8 Å². The highest BCUT2D eigenvalue weighted by atomic mass is 16.4. The van der Waals surface area contributed by atoms with Gasteiger partial charge in [-0.3, -0.25) is 18.9 Å². The van der Waals surface area contributed by atoms with E-state index in [2.05, 4.69) is 58.5 Å². The highest BCUT2D eigenvalue weighted by Crippen LogP contribution is 2.48. The lowest BCUT2D eigenvalue weighted by atomic mass is 9.65. The highest BCUT2D eigenvalue weighted by molar-refractivity contribution is 5.72. The molecule has 2 N–H and O–H groups in total. The molecule has 3 aromatic rings. The molecule has 0 amide bonds. The molecule has 0 radical (unpaired) electrons. The van der Waals surface area contributed by atoms with E-state index < -0.39 is 17.3 Å². The largest absolute Gasteiger partial charge is 0.481 e. The number of aliphatic carboxylic acids is 1. The first-order valence-corrected chi connectivity index (χ1v) is 13.4. The molecule has 1 saturated carbocycles. The van der Waals surface area contributed by atoms with Gasteiger partial charge in [0.15, 0.2) is 0 Å². The zero-order valence-electron chi connectivity index (χ0n) is 22.1. The number of hydrogen-bond donors (Lipinski definition) is 2. The van der Waals surface area contributed by atoms with Crippen LogP contribution in [-0.4, -0.2) is 47.0 Å². The second-order valence-corrected chi connectivity index (χ2v) is 10.9. The number of tetrazole rings is 1. The third-order valence-electron chi connectivity index (χ3n) is 8.27. The summed E-state index contributed by atoms with van der Waals surface area (Å²) in [6.07, 6.45) is 11.6. The van der Waals surface area contributed by atoms with Crippen LogP contribution in [-0.2, 0) is 23.2 Å². The number of carbonyl (C=O) groups is 1. The Morgan fingerprint density at radius 1 is 1.32 bits per heavy atom. The van der Waals surface area contributed by atoms with E-state index in [0.717, 1.165) is 36.1 Å². The molecule has 5 rings (SSSR count). The molecular weight excluding hydrogens is 482 g/mol. The normalized spacial score (nSPS) is 24.6. The van der Waals surface area contributed by atoms with Crippen molar-refractivity contribution in [2.45, 2.75) is 70.9 Å². The number of carboxylic acid groups (broad SMARTS) is 1. The summed E-state index contributed by atoms with van der Waals surface area (Å²) in [6, 6.07) is 7.67. The second kappa shape index (κ2) is 10.5. The molecule has 2 aromatic heterocycles. The summed E-state index contributed by atoms with van der Waals surface area (Å²) < 4.78 is 3.59. The number of nitrogens with zero attached hydrogens (tertiary/aromatic N) is 6.